The summed E-state index contributed by atoms with van der Waals surface area (Å²) in [5, 5.41) is 34.6. The first-order valence-electron chi connectivity index (χ1n) is 12.3. The summed E-state index contributed by atoms with van der Waals surface area (Å²) in [7, 11) is 0. The molecule has 0 saturated carbocycles. The van der Waals surface area contributed by atoms with Crippen molar-refractivity contribution in [3.63, 3.8) is 0 Å². The molecule has 1 aromatic heterocycles. The molecule has 0 spiro atoms. The van der Waals surface area contributed by atoms with E-state index in [9.17, 15) is 33.9 Å². The molecule has 0 saturated heterocycles. The van der Waals surface area contributed by atoms with Crippen LogP contribution in [-0.2, 0) is 41.6 Å². The van der Waals surface area contributed by atoms with Crippen molar-refractivity contribution in [2.45, 2.75) is 62.7 Å². The molecule has 1 heterocycles. The molecule has 2 aromatic rings. The summed E-state index contributed by atoms with van der Waals surface area (Å²) in [6.45, 7) is 0. The van der Waals surface area contributed by atoms with Crippen LogP contribution in [0.25, 0.3) is 0 Å². The van der Waals surface area contributed by atoms with Gasteiger partial charge in [-0.3, -0.25) is 24.0 Å². The maximum Gasteiger partial charge on any atom is 0.326 e. The number of carboxylic acid groups (broad SMARTS) is 3. The number of aromatic nitrogens is 2. The standard InChI is InChI=1S/C25H32N6O9/c26-16(11-15-12-27-13-28-15)22(36)29-17(6-8-20(32)33)23(37)31-19(10-14-4-2-1-3-5-14)24(38)30-18(25(39)40)7-9-21(34)35/h1-5,12-13,16-19H,6-11,26H2,(H,27,28)(H,29,36)(H,30,38)(H,31,37)(H,32,33)(H,34,35)(H,39,40). The highest BCUT2D eigenvalue weighted by Gasteiger charge is 2.31. The molecular weight excluding hydrogens is 528 g/mol. The number of imidazole rings is 1. The van der Waals surface area contributed by atoms with Gasteiger partial charge >= 0.3 is 17.9 Å². The molecule has 9 N–H and O–H groups in total. The molecule has 4 unspecified atom stereocenters. The number of nitrogens with one attached hydrogen (secondary N) is 4. The van der Waals surface area contributed by atoms with Crippen LogP contribution in [-0.4, -0.2) is 85.1 Å². The second-order valence-electron chi connectivity index (χ2n) is 8.96. The Bertz CT molecular complexity index is 1170. The van der Waals surface area contributed by atoms with Gasteiger partial charge in [0, 0.05) is 37.6 Å². The number of carbonyl (C=O) groups is 6. The summed E-state index contributed by atoms with van der Waals surface area (Å²) < 4.78 is 0. The average molecular weight is 561 g/mol. The van der Waals surface area contributed by atoms with Gasteiger partial charge < -0.3 is 42.0 Å². The summed E-state index contributed by atoms with van der Waals surface area (Å²) >= 11 is 0. The largest absolute Gasteiger partial charge is 0.481 e. The molecule has 0 aliphatic carbocycles. The van der Waals surface area contributed by atoms with Crippen molar-refractivity contribution in [2.75, 3.05) is 0 Å². The maximum atomic E-state index is 13.2. The zero-order valence-corrected chi connectivity index (χ0v) is 21.4. The molecule has 0 aliphatic heterocycles. The third-order valence-corrected chi connectivity index (χ3v) is 5.79. The van der Waals surface area contributed by atoms with E-state index in [0.29, 0.717) is 11.3 Å². The fourth-order valence-electron chi connectivity index (χ4n) is 3.67. The molecule has 0 radical (unpaired) electrons. The van der Waals surface area contributed by atoms with E-state index in [1.807, 2.05) is 0 Å². The Balaban J connectivity index is 2.21. The van der Waals surface area contributed by atoms with Crippen LogP contribution in [0.4, 0.5) is 0 Å². The maximum absolute atomic E-state index is 13.2. The topological polar surface area (TPSA) is 254 Å². The normalized spacial score (nSPS) is 13.7. The molecule has 0 aliphatic rings. The minimum atomic E-state index is -1.54. The number of carbonyl (C=O) groups excluding carboxylic acids is 3. The lowest BCUT2D eigenvalue weighted by Crippen LogP contribution is -2.57. The lowest BCUT2D eigenvalue weighted by molar-refractivity contribution is -0.143. The van der Waals surface area contributed by atoms with Gasteiger partial charge in [0.05, 0.1) is 12.4 Å². The third-order valence-electron chi connectivity index (χ3n) is 5.79. The smallest absolute Gasteiger partial charge is 0.326 e. The number of aliphatic carboxylic acids is 3. The van der Waals surface area contributed by atoms with E-state index < -0.39 is 79.1 Å². The summed E-state index contributed by atoms with van der Waals surface area (Å²) in [4.78, 5) is 79.3. The summed E-state index contributed by atoms with van der Waals surface area (Å²) in [5.74, 6) is -6.49. The predicted molar refractivity (Wildman–Crippen MR) is 138 cm³/mol. The number of carboxylic acids is 3. The Labute approximate surface area is 228 Å². The number of H-pyrrole nitrogens is 1. The molecule has 0 fully saturated rings. The van der Waals surface area contributed by atoms with Crippen LogP contribution in [0.3, 0.4) is 0 Å². The third kappa shape index (κ3) is 10.9. The SMILES string of the molecule is NC(Cc1cnc[nH]1)C(=O)NC(CCC(=O)O)C(=O)NC(Cc1ccccc1)C(=O)NC(CCC(=O)O)C(=O)O. The van der Waals surface area contributed by atoms with Crippen molar-refractivity contribution in [1.82, 2.24) is 25.9 Å². The quantitative estimate of drug-likeness (QED) is 0.114. The van der Waals surface area contributed by atoms with Crippen molar-refractivity contribution < 1.29 is 44.1 Å². The second-order valence-corrected chi connectivity index (χ2v) is 8.96. The van der Waals surface area contributed by atoms with E-state index in [2.05, 4.69) is 25.9 Å². The molecule has 1 aromatic carbocycles. The number of amides is 3. The average Bonchev–Trinajstić information content (AvgIpc) is 3.41. The van der Waals surface area contributed by atoms with Crippen molar-refractivity contribution >= 4 is 35.6 Å². The van der Waals surface area contributed by atoms with Crippen LogP contribution in [0.15, 0.2) is 42.9 Å². The van der Waals surface area contributed by atoms with E-state index in [4.69, 9.17) is 15.9 Å². The van der Waals surface area contributed by atoms with Crippen LogP contribution in [0.2, 0.25) is 0 Å². The first kappa shape index (κ1) is 31.4. The highest BCUT2D eigenvalue weighted by Crippen LogP contribution is 2.08. The van der Waals surface area contributed by atoms with Gasteiger partial charge in [-0.2, -0.15) is 0 Å². The van der Waals surface area contributed by atoms with Crippen molar-refractivity contribution in [3.05, 3.63) is 54.1 Å². The zero-order valence-electron chi connectivity index (χ0n) is 21.4. The number of aromatic amines is 1. The number of nitrogens with zero attached hydrogens (tertiary/aromatic N) is 1. The van der Waals surface area contributed by atoms with Crippen LogP contribution in [0.1, 0.15) is 36.9 Å². The Morgan fingerprint density at radius 3 is 1.88 bits per heavy atom. The molecular formula is C25H32N6O9. The molecule has 0 bridgehead atoms. The molecule has 216 valence electrons. The lowest BCUT2D eigenvalue weighted by Gasteiger charge is -2.25. The van der Waals surface area contributed by atoms with E-state index >= 15 is 0 Å². The van der Waals surface area contributed by atoms with Gasteiger partial charge in [0.1, 0.15) is 18.1 Å². The number of hydrogen-bond acceptors (Lipinski definition) is 8. The first-order valence-corrected chi connectivity index (χ1v) is 12.3. The number of hydrogen-bond donors (Lipinski definition) is 8. The predicted octanol–water partition coefficient (Wildman–Crippen LogP) is -1.21. The highest BCUT2D eigenvalue weighted by molar-refractivity contribution is 5.94. The Kier molecular flexibility index (Phi) is 12.2. The van der Waals surface area contributed by atoms with Crippen molar-refractivity contribution in [1.29, 1.82) is 0 Å². The van der Waals surface area contributed by atoms with Gasteiger partial charge in [0.25, 0.3) is 0 Å². The van der Waals surface area contributed by atoms with Crippen LogP contribution >= 0.6 is 0 Å². The minimum Gasteiger partial charge on any atom is -0.481 e. The van der Waals surface area contributed by atoms with Gasteiger partial charge in [0.15, 0.2) is 0 Å². The van der Waals surface area contributed by atoms with Gasteiger partial charge in [-0.25, -0.2) is 9.78 Å². The van der Waals surface area contributed by atoms with E-state index in [0.717, 1.165) is 0 Å². The molecule has 4 atom stereocenters. The van der Waals surface area contributed by atoms with Crippen molar-refractivity contribution in [2.24, 2.45) is 5.73 Å². The highest BCUT2D eigenvalue weighted by atomic mass is 16.4. The van der Waals surface area contributed by atoms with Crippen molar-refractivity contribution in [3.8, 4) is 0 Å². The molecule has 2 rings (SSSR count). The van der Waals surface area contributed by atoms with Gasteiger partial charge in [-0.15, -0.1) is 0 Å². The molecule has 40 heavy (non-hydrogen) atoms. The number of rotatable bonds is 17. The van der Waals surface area contributed by atoms with E-state index in [-0.39, 0.29) is 19.3 Å². The van der Waals surface area contributed by atoms with Crippen LogP contribution in [0.5, 0.6) is 0 Å². The second kappa shape index (κ2) is 15.6. The lowest BCUT2D eigenvalue weighted by atomic mass is 10.0. The molecule has 15 heteroatoms. The zero-order chi connectivity index (χ0) is 29.7. The van der Waals surface area contributed by atoms with Gasteiger partial charge in [-0.1, -0.05) is 30.3 Å². The number of nitrogens with two attached hydrogens (primary N) is 1. The van der Waals surface area contributed by atoms with Gasteiger partial charge in [-0.05, 0) is 18.4 Å². The minimum absolute atomic E-state index is 0.0606. The Morgan fingerprint density at radius 1 is 0.775 bits per heavy atom. The van der Waals surface area contributed by atoms with E-state index in [1.54, 1.807) is 30.3 Å². The summed E-state index contributed by atoms with van der Waals surface area (Å²) in [6, 6.07) is 3.08. The van der Waals surface area contributed by atoms with Gasteiger partial charge in [0.2, 0.25) is 17.7 Å². The monoisotopic (exact) mass is 560 g/mol. The van der Waals surface area contributed by atoms with E-state index in [1.165, 1.54) is 12.5 Å². The Hall–Kier alpha value is -4.79. The van der Waals surface area contributed by atoms with Crippen LogP contribution in [0, 0.1) is 0 Å². The number of benzene rings is 1. The Morgan fingerprint density at radius 2 is 1.32 bits per heavy atom. The summed E-state index contributed by atoms with van der Waals surface area (Å²) in [5.41, 5.74) is 7.09. The van der Waals surface area contributed by atoms with Crippen LogP contribution < -0.4 is 21.7 Å². The fourth-order valence-corrected chi connectivity index (χ4v) is 3.67. The first-order chi connectivity index (χ1) is 19.0. The fraction of sp³-hybridized carbons (Fsp3) is 0.400. The molecule has 3 amide bonds. The summed E-state index contributed by atoms with van der Waals surface area (Å²) in [6.07, 6.45) is 1.13. The molecule has 15 nitrogen and oxygen atoms in total.